The highest BCUT2D eigenvalue weighted by Crippen LogP contribution is 2.30. The van der Waals surface area contributed by atoms with Crippen LogP contribution in [0.1, 0.15) is 57.9 Å². The van der Waals surface area contributed by atoms with Crippen LogP contribution in [-0.4, -0.2) is 16.0 Å². The number of hydrogen-bond acceptors (Lipinski definition) is 5. The van der Waals surface area contributed by atoms with Gasteiger partial charge in [-0.1, -0.05) is 33.1 Å². The first-order valence-corrected chi connectivity index (χ1v) is 7.87. The number of hydrazine groups is 1. The Bertz CT molecular complexity index is 415. The zero-order valence-electron chi connectivity index (χ0n) is 12.7. The summed E-state index contributed by atoms with van der Waals surface area (Å²) in [6.45, 7) is 4.35. The molecule has 4 N–H and O–H groups in total. The topological polar surface area (TPSA) is 75.9 Å². The molecule has 0 amide bonds. The predicted octanol–water partition coefficient (Wildman–Crippen LogP) is 3.10. The third-order valence-electron chi connectivity index (χ3n) is 4.42. The van der Waals surface area contributed by atoms with Crippen LogP contribution in [-0.2, 0) is 6.42 Å². The summed E-state index contributed by atoms with van der Waals surface area (Å²) in [6, 6.07) is 0.501. The van der Waals surface area contributed by atoms with Crippen molar-refractivity contribution in [3.8, 4) is 0 Å². The summed E-state index contributed by atoms with van der Waals surface area (Å²) in [5.41, 5.74) is 3.74. The van der Waals surface area contributed by atoms with Crippen LogP contribution in [0.2, 0.25) is 0 Å². The third kappa shape index (κ3) is 3.39. The fourth-order valence-corrected chi connectivity index (χ4v) is 3.26. The van der Waals surface area contributed by atoms with E-state index in [1.165, 1.54) is 32.1 Å². The molecule has 1 aliphatic rings. The number of nitrogens with one attached hydrogen (secondary N) is 2. The van der Waals surface area contributed by atoms with Crippen LogP contribution < -0.4 is 16.6 Å². The number of rotatable bonds is 6. The molecule has 5 heteroatoms. The van der Waals surface area contributed by atoms with Crippen LogP contribution in [0.15, 0.2) is 6.33 Å². The van der Waals surface area contributed by atoms with Gasteiger partial charge < -0.3 is 10.7 Å². The van der Waals surface area contributed by atoms with Crippen LogP contribution in [0, 0.1) is 5.92 Å². The number of nitrogen functional groups attached to an aromatic ring is 1. The van der Waals surface area contributed by atoms with Gasteiger partial charge in [-0.3, -0.25) is 0 Å². The average molecular weight is 277 g/mol. The van der Waals surface area contributed by atoms with Crippen molar-refractivity contribution in [3.05, 3.63) is 11.9 Å². The molecule has 0 bridgehead atoms. The molecule has 1 aromatic rings. The first kappa shape index (κ1) is 15.0. The second kappa shape index (κ2) is 7.43. The quantitative estimate of drug-likeness (QED) is 0.550. The Hall–Kier alpha value is -1.36. The van der Waals surface area contributed by atoms with E-state index in [4.69, 9.17) is 5.84 Å². The molecule has 1 heterocycles. The minimum absolute atomic E-state index is 0.501. The van der Waals surface area contributed by atoms with Crippen LogP contribution >= 0.6 is 0 Å². The molecule has 5 nitrogen and oxygen atoms in total. The van der Waals surface area contributed by atoms with E-state index in [0.717, 1.165) is 36.0 Å². The van der Waals surface area contributed by atoms with Crippen molar-refractivity contribution >= 4 is 11.6 Å². The Kier molecular flexibility index (Phi) is 5.59. The summed E-state index contributed by atoms with van der Waals surface area (Å²) in [6.07, 6.45) is 10.4. The normalized spacial score (nSPS) is 17.8. The molecular formula is C15H27N5. The first-order valence-electron chi connectivity index (χ1n) is 7.87. The standard InChI is InChI=1S/C15H27N5/c1-3-12-14(17-10-18-15(12)20-16)19-13(4-2)11-8-6-5-7-9-11/h10-11,13H,3-9,16H2,1-2H3,(H2,17,18,19,20). The van der Waals surface area contributed by atoms with Gasteiger partial charge in [0.25, 0.3) is 0 Å². The third-order valence-corrected chi connectivity index (χ3v) is 4.42. The van der Waals surface area contributed by atoms with Gasteiger partial charge in [-0.05, 0) is 31.6 Å². The zero-order valence-corrected chi connectivity index (χ0v) is 12.7. The monoisotopic (exact) mass is 277 g/mol. The molecule has 1 aromatic heterocycles. The smallest absolute Gasteiger partial charge is 0.148 e. The molecule has 0 spiro atoms. The van der Waals surface area contributed by atoms with Gasteiger partial charge in [0.2, 0.25) is 0 Å². The van der Waals surface area contributed by atoms with Gasteiger partial charge in [-0.2, -0.15) is 0 Å². The number of nitrogens with two attached hydrogens (primary N) is 1. The fourth-order valence-electron chi connectivity index (χ4n) is 3.26. The molecule has 112 valence electrons. The van der Waals surface area contributed by atoms with Gasteiger partial charge in [0.1, 0.15) is 18.0 Å². The van der Waals surface area contributed by atoms with E-state index in [1.54, 1.807) is 6.33 Å². The van der Waals surface area contributed by atoms with Crippen molar-refractivity contribution < 1.29 is 0 Å². The summed E-state index contributed by atoms with van der Waals surface area (Å²) in [5, 5.41) is 3.65. The molecule has 2 rings (SSSR count). The lowest BCUT2D eigenvalue weighted by molar-refractivity contribution is 0.312. The van der Waals surface area contributed by atoms with Crippen LogP contribution in [0.4, 0.5) is 11.6 Å². The number of hydrogen-bond donors (Lipinski definition) is 3. The van der Waals surface area contributed by atoms with E-state index >= 15 is 0 Å². The van der Waals surface area contributed by atoms with Crippen LogP contribution in [0.25, 0.3) is 0 Å². The molecule has 1 atom stereocenters. The minimum Gasteiger partial charge on any atom is -0.367 e. The van der Waals surface area contributed by atoms with E-state index in [-0.39, 0.29) is 0 Å². The second-order valence-electron chi connectivity index (χ2n) is 5.60. The van der Waals surface area contributed by atoms with Crippen molar-refractivity contribution in [1.29, 1.82) is 0 Å². The maximum atomic E-state index is 5.53. The van der Waals surface area contributed by atoms with E-state index < -0.39 is 0 Å². The van der Waals surface area contributed by atoms with E-state index in [9.17, 15) is 0 Å². The van der Waals surface area contributed by atoms with E-state index in [1.807, 2.05) is 0 Å². The van der Waals surface area contributed by atoms with E-state index in [2.05, 4.69) is 34.6 Å². The summed E-state index contributed by atoms with van der Waals surface area (Å²) in [7, 11) is 0. The molecule has 1 saturated carbocycles. The molecule has 0 aromatic carbocycles. The fraction of sp³-hybridized carbons (Fsp3) is 0.733. The molecule has 0 aliphatic heterocycles. The van der Waals surface area contributed by atoms with Crippen molar-refractivity contribution in [1.82, 2.24) is 9.97 Å². The Morgan fingerprint density at radius 1 is 1.20 bits per heavy atom. The molecule has 1 aliphatic carbocycles. The Balaban J connectivity index is 2.14. The van der Waals surface area contributed by atoms with Crippen LogP contribution in [0.5, 0.6) is 0 Å². The Morgan fingerprint density at radius 2 is 1.90 bits per heavy atom. The Labute approximate surface area is 121 Å². The lowest BCUT2D eigenvalue weighted by Gasteiger charge is -2.31. The van der Waals surface area contributed by atoms with Crippen molar-refractivity contribution in [2.75, 3.05) is 10.7 Å². The SMILES string of the molecule is CCc1c(NN)ncnc1NC(CC)C1CCCCC1. The Morgan fingerprint density at radius 3 is 2.50 bits per heavy atom. The summed E-state index contributed by atoms with van der Waals surface area (Å²) < 4.78 is 0. The van der Waals surface area contributed by atoms with Gasteiger partial charge in [0.05, 0.1) is 0 Å². The number of nitrogens with zero attached hydrogens (tertiary/aromatic N) is 2. The predicted molar refractivity (Wildman–Crippen MR) is 83.5 cm³/mol. The lowest BCUT2D eigenvalue weighted by Crippen LogP contribution is -2.31. The van der Waals surface area contributed by atoms with Crippen LogP contribution in [0.3, 0.4) is 0 Å². The van der Waals surface area contributed by atoms with Crippen molar-refractivity contribution in [3.63, 3.8) is 0 Å². The largest absolute Gasteiger partial charge is 0.367 e. The molecule has 20 heavy (non-hydrogen) atoms. The molecule has 1 fully saturated rings. The van der Waals surface area contributed by atoms with E-state index in [0.29, 0.717) is 6.04 Å². The number of anilines is 2. The van der Waals surface area contributed by atoms with Crippen molar-refractivity contribution in [2.24, 2.45) is 11.8 Å². The maximum absolute atomic E-state index is 5.53. The lowest BCUT2D eigenvalue weighted by atomic mass is 9.83. The highest BCUT2D eigenvalue weighted by atomic mass is 15.3. The minimum atomic E-state index is 0.501. The molecular weight excluding hydrogens is 250 g/mol. The highest BCUT2D eigenvalue weighted by molar-refractivity contribution is 5.57. The zero-order chi connectivity index (χ0) is 14.4. The highest BCUT2D eigenvalue weighted by Gasteiger charge is 2.23. The number of aromatic nitrogens is 2. The summed E-state index contributed by atoms with van der Waals surface area (Å²) in [5.74, 6) is 7.96. The molecule has 0 saturated heterocycles. The van der Waals surface area contributed by atoms with Gasteiger partial charge in [-0.25, -0.2) is 15.8 Å². The first-order chi connectivity index (χ1) is 9.80. The van der Waals surface area contributed by atoms with Crippen molar-refractivity contribution in [2.45, 2.75) is 64.8 Å². The van der Waals surface area contributed by atoms with Gasteiger partial charge in [0, 0.05) is 11.6 Å². The average Bonchev–Trinajstić information content (AvgIpc) is 2.52. The molecule has 0 radical (unpaired) electrons. The summed E-state index contributed by atoms with van der Waals surface area (Å²) in [4.78, 5) is 8.61. The van der Waals surface area contributed by atoms with Gasteiger partial charge in [-0.15, -0.1) is 0 Å². The maximum Gasteiger partial charge on any atom is 0.148 e. The second-order valence-corrected chi connectivity index (χ2v) is 5.60. The summed E-state index contributed by atoms with van der Waals surface area (Å²) >= 11 is 0. The molecule has 1 unspecified atom stereocenters. The van der Waals surface area contributed by atoms with Gasteiger partial charge >= 0.3 is 0 Å². The van der Waals surface area contributed by atoms with Gasteiger partial charge in [0.15, 0.2) is 0 Å².